The van der Waals surface area contributed by atoms with E-state index in [9.17, 15) is 9.59 Å². The second-order valence-corrected chi connectivity index (χ2v) is 9.55. The highest BCUT2D eigenvalue weighted by Crippen LogP contribution is 2.32. The van der Waals surface area contributed by atoms with Gasteiger partial charge in [0.05, 0.1) is 25.1 Å². The Kier molecular flexibility index (Phi) is 8.17. The molecule has 9 nitrogen and oxygen atoms in total. The summed E-state index contributed by atoms with van der Waals surface area (Å²) >= 11 is 0. The summed E-state index contributed by atoms with van der Waals surface area (Å²) in [7, 11) is 3.24. The van der Waals surface area contributed by atoms with Gasteiger partial charge < -0.3 is 28.8 Å². The zero-order valence-corrected chi connectivity index (χ0v) is 22.3. The maximum Gasteiger partial charge on any atom is 0.328 e. The number of aromatic amines is 1. The number of aromatic nitrogens is 2. The summed E-state index contributed by atoms with van der Waals surface area (Å²) in [5.74, 6) is 2.36. The molecular formula is C30H33N3O6. The second-order valence-electron chi connectivity index (χ2n) is 9.55. The van der Waals surface area contributed by atoms with Crippen LogP contribution in [-0.2, 0) is 19.8 Å². The van der Waals surface area contributed by atoms with Gasteiger partial charge in [0.25, 0.3) is 5.56 Å². The molecule has 0 bridgehead atoms. The molecule has 0 spiro atoms. The lowest BCUT2D eigenvalue weighted by molar-refractivity contribution is 0.256. The Morgan fingerprint density at radius 2 is 1.28 bits per heavy atom. The van der Waals surface area contributed by atoms with Crippen LogP contribution in [0.2, 0.25) is 0 Å². The van der Waals surface area contributed by atoms with Crippen LogP contribution in [0.1, 0.15) is 24.0 Å². The summed E-state index contributed by atoms with van der Waals surface area (Å²) in [6, 6.07) is 18.4. The number of benzene rings is 3. The van der Waals surface area contributed by atoms with Crippen molar-refractivity contribution in [3.8, 4) is 23.0 Å². The van der Waals surface area contributed by atoms with Gasteiger partial charge in [-0.15, -0.1) is 0 Å². The lowest BCUT2D eigenvalue weighted by Crippen LogP contribution is -2.38. The van der Waals surface area contributed by atoms with Gasteiger partial charge in [-0.1, -0.05) is 24.3 Å². The summed E-state index contributed by atoms with van der Waals surface area (Å²) in [5.41, 5.74) is 1.50. The van der Waals surface area contributed by atoms with Crippen LogP contribution in [0.25, 0.3) is 10.9 Å². The average molecular weight is 532 g/mol. The number of methoxy groups -OCH3 is 2. The first-order valence-corrected chi connectivity index (χ1v) is 13.1. The van der Waals surface area contributed by atoms with Gasteiger partial charge in [0, 0.05) is 19.2 Å². The third-order valence-electron chi connectivity index (χ3n) is 6.99. The Labute approximate surface area is 226 Å². The molecule has 4 aromatic rings. The standard InChI is InChI=1S/C30H33N3O6/c1-36-23-9-5-21(6-10-23)19-38-27-17-25-26(18-28(27)39-20-22-7-11-24(37-2)12-8-22)31-30(35)33(29(25)34)16-15-32-13-3-4-14-32/h5-12,17-18H,3-4,13-16,19-20H2,1-2H3,(H,31,35). The number of likely N-dealkylation sites (tertiary alicyclic amines) is 1. The molecule has 1 fully saturated rings. The first kappa shape index (κ1) is 26.4. The molecular weight excluding hydrogens is 498 g/mol. The SMILES string of the molecule is COc1ccc(COc2cc3[nH]c(=O)n(CCN4CCCC4)c(=O)c3cc2OCc2ccc(OC)cc2)cc1. The molecule has 2 heterocycles. The number of nitrogens with one attached hydrogen (secondary N) is 1. The number of fused-ring (bicyclic) bond motifs is 1. The molecule has 1 aromatic heterocycles. The van der Waals surface area contributed by atoms with E-state index in [0.717, 1.165) is 48.6 Å². The van der Waals surface area contributed by atoms with Crippen LogP contribution in [0, 0.1) is 0 Å². The Morgan fingerprint density at radius 3 is 1.82 bits per heavy atom. The summed E-state index contributed by atoms with van der Waals surface area (Å²) in [6.07, 6.45) is 2.30. The van der Waals surface area contributed by atoms with E-state index in [1.807, 2.05) is 48.5 Å². The first-order valence-electron chi connectivity index (χ1n) is 13.1. The van der Waals surface area contributed by atoms with Crippen LogP contribution in [0.4, 0.5) is 0 Å². The number of rotatable bonds is 11. The number of nitrogens with zero attached hydrogens (tertiary/aromatic N) is 2. The minimum Gasteiger partial charge on any atom is -0.497 e. The molecule has 1 aliphatic rings. The quantitative estimate of drug-likeness (QED) is 0.313. The van der Waals surface area contributed by atoms with Crippen molar-refractivity contribution in [1.29, 1.82) is 0 Å². The molecule has 5 rings (SSSR count). The van der Waals surface area contributed by atoms with Crippen LogP contribution < -0.4 is 30.2 Å². The highest BCUT2D eigenvalue weighted by atomic mass is 16.5. The highest BCUT2D eigenvalue weighted by molar-refractivity contribution is 5.81. The Morgan fingerprint density at radius 1 is 0.744 bits per heavy atom. The van der Waals surface area contributed by atoms with E-state index in [1.165, 1.54) is 4.57 Å². The summed E-state index contributed by atoms with van der Waals surface area (Å²) in [6.45, 7) is 3.53. The smallest absolute Gasteiger partial charge is 0.328 e. The number of H-pyrrole nitrogens is 1. The number of ether oxygens (including phenoxy) is 4. The molecule has 1 N–H and O–H groups in total. The maximum absolute atomic E-state index is 13.4. The predicted molar refractivity (Wildman–Crippen MR) is 149 cm³/mol. The molecule has 0 atom stereocenters. The molecule has 0 amide bonds. The fraction of sp³-hybridized carbons (Fsp3) is 0.333. The molecule has 39 heavy (non-hydrogen) atoms. The van der Waals surface area contributed by atoms with E-state index in [0.29, 0.717) is 35.5 Å². The molecule has 204 valence electrons. The average Bonchev–Trinajstić information content (AvgIpc) is 3.49. The number of hydrogen-bond acceptors (Lipinski definition) is 7. The Hall–Kier alpha value is -4.24. The third kappa shape index (κ3) is 6.26. The molecule has 1 saturated heterocycles. The van der Waals surface area contributed by atoms with Crippen LogP contribution in [-0.4, -0.2) is 48.3 Å². The van der Waals surface area contributed by atoms with E-state index in [-0.39, 0.29) is 18.8 Å². The lowest BCUT2D eigenvalue weighted by atomic mass is 10.2. The molecule has 0 unspecified atom stereocenters. The maximum atomic E-state index is 13.4. The van der Waals surface area contributed by atoms with Crippen molar-refractivity contribution in [1.82, 2.24) is 14.5 Å². The van der Waals surface area contributed by atoms with Crippen molar-refractivity contribution < 1.29 is 18.9 Å². The minimum atomic E-state index is -0.431. The largest absolute Gasteiger partial charge is 0.497 e. The summed E-state index contributed by atoms with van der Waals surface area (Å²) < 4.78 is 24.0. The van der Waals surface area contributed by atoms with E-state index in [4.69, 9.17) is 18.9 Å². The van der Waals surface area contributed by atoms with Gasteiger partial charge >= 0.3 is 5.69 Å². The fourth-order valence-electron chi connectivity index (χ4n) is 4.70. The van der Waals surface area contributed by atoms with Crippen molar-refractivity contribution in [2.75, 3.05) is 33.9 Å². The van der Waals surface area contributed by atoms with E-state index in [1.54, 1.807) is 26.4 Å². The molecule has 0 radical (unpaired) electrons. The normalized spacial score (nSPS) is 13.5. The lowest BCUT2D eigenvalue weighted by Gasteiger charge is -2.16. The van der Waals surface area contributed by atoms with E-state index in [2.05, 4.69) is 9.88 Å². The third-order valence-corrected chi connectivity index (χ3v) is 6.99. The zero-order chi connectivity index (χ0) is 27.2. The molecule has 3 aromatic carbocycles. The summed E-state index contributed by atoms with van der Waals surface area (Å²) in [5, 5.41) is 0.373. The molecule has 1 aliphatic heterocycles. The molecule has 9 heteroatoms. The van der Waals surface area contributed by atoms with Gasteiger partial charge in [0.2, 0.25) is 0 Å². The number of hydrogen-bond donors (Lipinski definition) is 1. The van der Waals surface area contributed by atoms with Crippen LogP contribution in [0.15, 0.2) is 70.3 Å². The predicted octanol–water partition coefficient (Wildman–Crippen LogP) is 3.96. The highest BCUT2D eigenvalue weighted by Gasteiger charge is 2.16. The van der Waals surface area contributed by atoms with Crippen molar-refractivity contribution in [3.05, 3.63) is 92.6 Å². The summed E-state index contributed by atoms with van der Waals surface area (Å²) in [4.78, 5) is 31.4. The van der Waals surface area contributed by atoms with Crippen LogP contribution in [0.5, 0.6) is 23.0 Å². The second kappa shape index (κ2) is 12.1. The van der Waals surface area contributed by atoms with Crippen molar-refractivity contribution in [2.45, 2.75) is 32.6 Å². The molecule has 0 saturated carbocycles. The van der Waals surface area contributed by atoms with Gasteiger partial charge in [-0.3, -0.25) is 9.36 Å². The minimum absolute atomic E-state index is 0.265. The first-order chi connectivity index (χ1) is 19.0. The van der Waals surface area contributed by atoms with Crippen molar-refractivity contribution in [2.24, 2.45) is 0 Å². The van der Waals surface area contributed by atoms with E-state index < -0.39 is 5.69 Å². The van der Waals surface area contributed by atoms with E-state index >= 15 is 0 Å². The van der Waals surface area contributed by atoms with Gasteiger partial charge in [-0.2, -0.15) is 0 Å². The van der Waals surface area contributed by atoms with Crippen LogP contribution in [0.3, 0.4) is 0 Å². The topological polar surface area (TPSA) is 95.0 Å². The van der Waals surface area contributed by atoms with Gasteiger partial charge in [0.1, 0.15) is 24.7 Å². The Balaban J connectivity index is 1.44. The molecule has 0 aliphatic carbocycles. The van der Waals surface area contributed by atoms with Crippen LogP contribution >= 0.6 is 0 Å². The fourth-order valence-corrected chi connectivity index (χ4v) is 4.70. The zero-order valence-electron chi connectivity index (χ0n) is 22.3. The van der Waals surface area contributed by atoms with Gasteiger partial charge in [-0.05, 0) is 67.4 Å². The van der Waals surface area contributed by atoms with Gasteiger partial charge in [-0.25, -0.2) is 4.79 Å². The Bertz CT molecular complexity index is 1520. The van der Waals surface area contributed by atoms with Gasteiger partial charge in [0.15, 0.2) is 11.5 Å². The van der Waals surface area contributed by atoms with Crippen molar-refractivity contribution in [3.63, 3.8) is 0 Å². The van der Waals surface area contributed by atoms with Crippen molar-refractivity contribution >= 4 is 10.9 Å². The monoisotopic (exact) mass is 531 g/mol.